The summed E-state index contributed by atoms with van der Waals surface area (Å²) in [5.74, 6) is -2.45. The van der Waals surface area contributed by atoms with Gasteiger partial charge in [-0.15, -0.1) is 0 Å². The zero-order valence-electron chi connectivity index (χ0n) is 16.3. The van der Waals surface area contributed by atoms with Crippen LogP contribution >= 0.6 is 11.6 Å². The second kappa shape index (κ2) is 8.23. The van der Waals surface area contributed by atoms with Gasteiger partial charge in [-0.1, -0.05) is 17.7 Å². The summed E-state index contributed by atoms with van der Waals surface area (Å²) in [5, 5.41) is 15.4. The van der Waals surface area contributed by atoms with E-state index in [0.29, 0.717) is 18.9 Å². The Morgan fingerprint density at radius 3 is 2.48 bits per heavy atom. The largest absolute Gasteiger partial charge is 0.405 e. The number of nitrogens with one attached hydrogen (secondary N) is 2. The number of aliphatic hydroxyl groups is 1. The maximum absolute atomic E-state index is 14.0. The van der Waals surface area contributed by atoms with Crippen molar-refractivity contribution in [1.82, 2.24) is 10.3 Å². The van der Waals surface area contributed by atoms with Gasteiger partial charge < -0.3 is 15.7 Å². The van der Waals surface area contributed by atoms with Gasteiger partial charge in [0.15, 0.2) is 0 Å². The third-order valence-electron chi connectivity index (χ3n) is 4.92. The predicted molar refractivity (Wildman–Crippen MR) is 103 cm³/mol. The van der Waals surface area contributed by atoms with Crippen LogP contribution in [0, 0.1) is 11.6 Å². The lowest BCUT2D eigenvalue weighted by Crippen LogP contribution is -2.39. The van der Waals surface area contributed by atoms with Crippen molar-refractivity contribution in [2.24, 2.45) is 0 Å². The molecule has 3 N–H and O–H groups in total. The summed E-state index contributed by atoms with van der Waals surface area (Å²) < 4.78 is 64.5. The average Bonchev–Trinajstić information content (AvgIpc) is 3.38. The normalized spacial score (nSPS) is 17.0. The van der Waals surface area contributed by atoms with Crippen LogP contribution in [-0.4, -0.2) is 28.7 Å². The van der Waals surface area contributed by atoms with Gasteiger partial charge in [-0.3, -0.25) is 4.79 Å². The van der Waals surface area contributed by atoms with Gasteiger partial charge in [0.1, 0.15) is 23.3 Å². The highest BCUT2D eigenvalue weighted by atomic mass is 35.5. The van der Waals surface area contributed by atoms with Crippen LogP contribution < -0.4 is 10.6 Å². The topological polar surface area (TPSA) is 74.2 Å². The molecule has 1 atom stereocenters. The van der Waals surface area contributed by atoms with E-state index in [-0.39, 0.29) is 22.1 Å². The highest BCUT2D eigenvalue weighted by molar-refractivity contribution is 6.29. The molecular weight excluding hydrogens is 445 g/mol. The Morgan fingerprint density at radius 2 is 1.90 bits per heavy atom. The minimum atomic E-state index is -4.43. The number of aromatic nitrogens is 1. The molecule has 2 aromatic rings. The molecule has 1 aliphatic carbocycles. The van der Waals surface area contributed by atoms with E-state index in [1.54, 1.807) is 0 Å². The Bertz CT molecular complexity index is 993. The lowest BCUT2D eigenvalue weighted by atomic mass is 9.91. The molecule has 31 heavy (non-hydrogen) atoms. The lowest BCUT2D eigenvalue weighted by molar-refractivity contribution is -0.127. The van der Waals surface area contributed by atoms with Gasteiger partial charge in [0.25, 0.3) is 0 Å². The van der Waals surface area contributed by atoms with E-state index in [4.69, 9.17) is 11.6 Å². The SMILES string of the molecule is C[C@@](O)(CC(=O)NC1(c2cc(NCC(F)(F)F)cc(Cl)n2)CC1)c1ccc(F)cc1F. The van der Waals surface area contributed by atoms with Crippen LogP contribution in [0.1, 0.15) is 37.4 Å². The molecule has 0 radical (unpaired) electrons. The van der Waals surface area contributed by atoms with Crippen molar-refractivity contribution in [3.8, 4) is 0 Å². The number of carbonyl (C=O) groups excluding carboxylic acids is 1. The highest BCUT2D eigenvalue weighted by Crippen LogP contribution is 2.46. The number of nitrogens with zero attached hydrogens (tertiary/aromatic N) is 1. The fourth-order valence-electron chi connectivity index (χ4n) is 3.26. The van der Waals surface area contributed by atoms with Gasteiger partial charge >= 0.3 is 6.18 Å². The minimum absolute atomic E-state index is 0.0527. The van der Waals surface area contributed by atoms with E-state index in [9.17, 15) is 31.9 Å². The third-order valence-corrected chi connectivity index (χ3v) is 5.12. The molecule has 1 heterocycles. The number of hydrogen-bond acceptors (Lipinski definition) is 4. The summed E-state index contributed by atoms with van der Waals surface area (Å²) in [7, 11) is 0. The van der Waals surface area contributed by atoms with Crippen molar-refractivity contribution in [3.63, 3.8) is 0 Å². The van der Waals surface area contributed by atoms with Crippen LogP contribution in [0.15, 0.2) is 30.3 Å². The van der Waals surface area contributed by atoms with Gasteiger partial charge in [-0.25, -0.2) is 13.8 Å². The number of amides is 1. The third kappa shape index (κ3) is 5.82. The van der Waals surface area contributed by atoms with E-state index in [1.165, 1.54) is 19.1 Å². The van der Waals surface area contributed by atoms with Crippen LogP contribution in [0.25, 0.3) is 0 Å². The molecule has 0 aliphatic heterocycles. The quantitative estimate of drug-likeness (QED) is 0.420. The fraction of sp³-hybridized carbons (Fsp3) is 0.400. The summed E-state index contributed by atoms with van der Waals surface area (Å²) >= 11 is 5.93. The number of carbonyl (C=O) groups is 1. The van der Waals surface area contributed by atoms with Gasteiger partial charge in [0, 0.05) is 17.3 Å². The van der Waals surface area contributed by atoms with Gasteiger partial charge in [0.05, 0.1) is 23.3 Å². The van der Waals surface area contributed by atoms with Crippen molar-refractivity contribution < 1.29 is 31.9 Å². The number of pyridine rings is 1. The highest BCUT2D eigenvalue weighted by Gasteiger charge is 2.48. The molecule has 1 amide bonds. The zero-order chi connectivity index (χ0) is 23.0. The second-order valence-corrected chi connectivity index (χ2v) is 8.12. The zero-order valence-corrected chi connectivity index (χ0v) is 17.0. The Hall–Kier alpha value is -2.46. The number of anilines is 1. The molecule has 1 aliphatic rings. The van der Waals surface area contributed by atoms with Crippen molar-refractivity contribution in [3.05, 3.63) is 58.4 Å². The van der Waals surface area contributed by atoms with Crippen molar-refractivity contribution >= 4 is 23.2 Å². The molecule has 1 aromatic heterocycles. The molecule has 3 rings (SSSR count). The van der Waals surface area contributed by atoms with Gasteiger partial charge in [-0.2, -0.15) is 13.2 Å². The van der Waals surface area contributed by atoms with Crippen molar-refractivity contribution in [2.75, 3.05) is 11.9 Å². The number of halogens is 6. The van der Waals surface area contributed by atoms with Crippen LogP contribution in [0.2, 0.25) is 5.15 Å². The first-order chi connectivity index (χ1) is 14.3. The molecule has 0 saturated heterocycles. The Kier molecular flexibility index (Phi) is 6.16. The maximum atomic E-state index is 14.0. The Balaban J connectivity index is 1.73. The lowest BCUT2D eigenvalue weighted by Gasteiger charge is -2.26. The number of rotatable bonds is 7. The Morgan fingerprint density at radius 1 is 1.23 bits per heavy atom. The van der Waals surface area contributed by atoms with E-state index >= 15 is 0 Å². The molecule has 0 unspecified atom stereocenters. The molecule has 1 saturated carbocycles. The number of benzene rings is 1. The van der Waals surface area contributed by atoms with Crippen molar-refractivity contribution in [2.45, 2.75) is 43.5 Å². The molecule has 1 aromatic carbocycles. The first-order valence-electron chi connectivity index (χ1n) is 9.27. The summed E-state index contributed by atoms with van der Waals surface area (Å²) in [6.45, 7) is -0.0441. The van der Waals surface area contributed by atoms with E-state index in [0.717, 1.165) is 12.1 Å². The molecule has 5 nitrogen and oxygen atoms in total. The maximum Gasteiger partial charge on any atom is 0.405 e. The van der Waals surface area contributed by atoms with E-state index in [1.807, 2.05) is 0 Å². The van der Waals surface area contributed by atoms with E-state index in [2.05, 4.69) is 15.6 Å². The Labute approximate surface area is 179 Å². The van der Waals surface area contributed by atoms with Crippen LogP contribution in [0.3, 0.4) is 0 Å². The van der Waals surface area contributed by atoms with E-state index < -0.39 is 47.8 Å². The van der Waals surface area contributed by atoms with Crippen molar-refractivity contribution in [1.29, 1.82) is 0 Å². The number of hydrogen-bond donors (Lipinski definition) is 3. The van der Waals surface area contributed by atoms with Gasteiger partial charge in [-0.05, 0) is 38.0 Å². The molecule has 168 valence electrons. The average molecular weight is 464 g/mol. The minimum Gasteiger partial charge on any atom is -0.385 e. The monoisotopic (exact) mass is 463 g/mol. The summed E-state index contributed by atoms with van der Waals surface area (Å²) in [4.78, 5) is 16.7. The predicted octanol–water partition coefficient (Wildman–Crippen LogP) is 4.39. The first kappa shape index (κ1) is 23.2. The molecule has 0 spiro atoms. The smallest absolute Gasteiger partial charge is 0.385 e. The fourth-order valence-corrected chi connectivity index (χ4v) is 3.47. The number of alkyl halides is 3. The van der Waals surface area contributed by atoms with Crippen LogP contribution in [0.5, 0.6) is 0 Å². The molecule has 1 fully saturated rings. The summed E-state index contributed by atoms with van der Waals surface area (Å²) in [6, 6.07) is 5.23. The van der Waals surface area contributed by atoms with Crippen LogP contribution in [0.4, 0.5) is 27.6 Å². The standard InChI is InChI=1S/C20H19ClF5N3O2/c1-18(31,13-3-2-11(22)6-14(13)23)9-17(30)29-19(4-5-19)15-7-12(8-16(21)28-15)27-10-20(24,25)26/h2-3,6-8,31H,4-5,9-10H2,1H3,(H,27,28)(H,29,30)/t18-/m1/s1. The molecular formula is C20H19ClF5N3O2. The summed E-state index contributed by atoms with van der Waals surface area (Å²) in [5.41, 5.74) is -2.75. The molecule has 11 heteroatoms. The first-order valence-corrected chi connectivity index (χ1v) is 9.65. The summed E-state index contributed by atoms with van der Waals surface area (Å²) in [6.07, 6.45) is -4.05. The second-order valence-electron chi connectivity index (χ2n) is 7.74. The van der Waals surface area contributed by atoms with Crippen LogP contribution in [-0.2, 0) is 15.9 Å². The van der Waals surface area contributed by atoms with Gasteiger partial charge in [0.2, 0.25) is 5.91 Å². The molecule has 0 bridgehead atoms.